The number of nitrogens with zero attached hydrogens (tertiary/aromatic N) is 1. The van der Waals surface area contributed by atoms with Crippen LogP contribution in [0.15, 0.2) is 12.2 Å². The maximum absolute atomic E-state index is 12.5. The molecule has 2 aliphatic carbocycles. The van der Waals surface area contributed by atoms with Gasteiger partial charge in [0.2, 0.25) is 17.7 Å². The van der Waals surface area contributed by atoms with Gasteiger partial charge in [-0.25, -0.2) is 0 Å². The number of aliphatic carboxylic acids is 1. The molecule has 2 N–H and O–H groups in total. The van der Waals surface area contributed by atoms with Crippen LogP contribution in [-0.2, 0) is 19.2 Å². The lowest BCUT2D eigenvalue weighted by Gasteiger charge is -2.23. The van der Waals surface area contributed by atoms with E-state index in [0.717, 1.165) is 11.3 Å². The van der Waals surface area contributed by atoms with Gasteiger partial charge in [0.15, 0.2) is 0 Å². The molecule has 5 atom stereocenters. The van der Waals surface area contributed by atoms with E-state index in [2.05, 4.69) is 5.32 Å². The first-order valence-corrected chi connectivity index (χ1v) is 7.46. The van der Waals surface area contributed by atoms with E-state index in [4.69, 9.17) is 5.11 Å². The van der Waals surface area contributed by atoms with Gasteiger partial charge in [0, 0.05) is 6.54 Å². The molecule has 0 aromatic carbocycles. The molecular formula is C15H18N2O5. The number of hydrogen-bond donors (Lipinski definition) is 2. The highest BCUT2D eigenvalue weighted by molar-refractivity contribution is 6.09. The average molecular weight is 306 g/mol. The average Bonchev–Trinajstić information content (AvgIpc) is 3.12. The lowest BCUT2D eigenvalue weighted by atomic mass is 9.85. The molecular weight excluding hydrogens is 288 g/mol. The highest BCUT2D eigenvalue weighted by atomic mass is 16.4. The second-order valence-corrected chi connectivity index (χ2v) is 6.16. The van der Waals surface area contributed by atoms with Crippen molar-refractivity contribution < 1.29 is 24.3 Å². The lowest BCUT2D eigenvalue weighted by molar-refractivity contribution is -0.148. The number of likely N-dealkylation sites (tertiary alicyclic amines) is 1. The summed E-state index contributed by atoms with van der Waals surface area (Å²) in [5.41, 5.74) is 0. The standard InChI is InChI=1S/C15H18N2O5/c1-7(13(20)16-5-4-10(18)19)17-14(21)11-8-2-3-9(6-8)12(11)15(17)22/h2-3,7-9,11-12H,4-6H2,1H3,(H,16,20)(H,18,19). The van der Waals surface area contributed by atoms with Crippen molar-refractivity contribution in [3.8, 4) is 0 Å². The molecule has 1 heterocycles. The quantitative estimate of drug-likeness (QED) is 0.539. The number of carbonyl (C=O) groups is 4. The number of imide groups is 1. The molecule has 2 bridgehead atoms. The predicted octanol–water partition coefficient (Wildman–Crippen LogP) is -0.227. The summed E-state index contributed by atoms with van der Waals surface area (Å²) < 4.78 is 0. The Labute approximate surface area is 127 Å². The zero-order valence-corrected chi connectivity index (χ0v) is 12.2. The summed E-state index contributed by atoms with van der Waals surface area (Å²) in [6.07, 6.45) is 4.65. The third-order valence-corrected chi connectivity index (χ3v) is 4.91. The fraction of sp³-hybridized carbons (Fsp3) is 0.600. The molecule has 7 heteroatoms. The van der Waals surface area contributed by atoms with Gasteiger partial charge in [-0.15, -0.1) is 0 Å². The topological polar surface area (TPSA) is 104 Å². The van der Waals surface area contributed by atoms with Crippen molar-refractivity contribution in [2.75, 3.05) is 6.54 Å². The van der Waals surface area contributed by atoms with Crippen molar-refractivity contribution in [1.29, 1.82) is 0 Å². The first-order chi connectivity index (χ1) is 10.4. The molecule has 3 aliphatic rings. The van der Waals surface area contributed by atoms with Gasteiger partial charge in [0.25, 0.3) is 0 Å². The summed E-state index contributed by atoms with van der Waals surface area (Å²) in [6, 6.07) is -0.904. The number of nitrogens with one attached hydrogen (secondary N) is 1. The number of carboxylic acids is 1. The van der Waals surface area contributed by atoms with Crippen molar-refractivity contribution >= 4 is 23.7 Å². The molecule has 0 aromatic heterocycles. The predicted molar refractivity (Wildman–Crippen MR) is 74.3 cm³/mol. The molecule has 1 saturated heterocycles. The van der Waals surface area contributed by atoms with Crippen molar-refractivity contribution in [1.82, 2.24) is 10.2 Å². The smallest absolute Gasteiger partial charge is 0.305 e. The summed E-state index contributed by atoms with van der Waals surface area (Å²) in [5, 5.41) is 11.0. The number of carboxylic acid groups (broad SMARTS) is 1. The van der Waals surface area contributed by atoms with Gasteiger partial charge in [0.05, 0.1) is 18.3 Å². The molecule has 7 nitrogen and oxygen atoms in total. The fourth-order valence-corrected chi connectivity index (χ4v) is 3.86. The van der Waals surface area contributed by atoms with Crippen LogP contribution in [0.5, 0.6) is 0 Å². The van der Waals surface area contributed by atoms with Gasteiger partial charge in [-0.2, -0.15) is 0 Å². The second kappa shape index (κ2) is 5.23. The lowest BCUT2D eigenvalue weighted by Crippen LogP contribution is -2.49. The Balaban J connectivity index is 1.68. The molecule has 5 unspecified atom stereocenters. The third-order valence-electron chi connectivity index (χ3n) is 4.91. The van der Waals surface area contributed by atoms with E-state index in [1.165, 1.54) is 6.92 Å². The Hall–Kier alpha value is -2.18. The third kappa shape index (κ3) is 2.12. The zero-order valence-electron chi connectivity index (χ0n) is 12.2. The van der Waals surface area contributed by atoms with Crippen LogP contribution in [-0.4, -0.2) is 46.3 Å². The highest BCUT2D eigenvalue weighted by Crippen LogP contribution is 2.52. The minimum Gasteiger partial charge on any atom is -0.481 e. The maximum atomic E-state index is 12.5. The van der Waals surface area contributed by atoms with Gasteiger partial charge < -0.3 is 10.4 Å². The summed E-state index contributed by atoms with van der Waals surface area (Å²) >= 11 is 0. The fourth-order valence-electron chi connectivity index (χ4n) is 3.86. The largest absolute Gasteiger partial charge is 0.481 e. The number of allylic oxidation sites excluding steroid dienone is 2. The number of fused-ring (bicyclic) bond motifs is 5. The van der Waals surface area contributed by atoms with Crippen LogP contribution in [0.4, 0.5) is 0 Å². The van der Waals surface area contributed by atoms with Crippen LogP contribution in [0.2, 0.25) is 0 Å². The van der Waals surface area contributed by atoms with Crippen molar-refractivity contribution in [2.24, 2.45) is 23.7 Å². The number of amides is 3. The van der Waals surface area contributed by atoms with Gasteiger partial charge in [-0.3, -0.25) is 24.1 Å². The van der Waals surface area contributed by atoms with E-state index in [-0.39, 0.29) is 48.5 Å². The highest BCUT2D eigenvalue weighted by Gasteiger charge is 2.60. The normalized spacial score (nSPS) is 33.2. The monoisotopic (exact) mass is 306 g/mol. The van der Waals surface area contributed by atoms with Crippen molar-refractivity contribution in [3.05, 3.63) is 12.2 Å². The molecule has 118 valence electrons. The van der Waals surface area contributed by atoms with Crippen LogP contribution in [0, 0.1) is 23.7 Å². The Morgan fingerprint density at radius 2 is 1.82 bits per heavy atom. The summed E-state index contributed by atoms with van der Waals surface area (Å²) in [5.74, 6) is -2.48. The molecule has 3 rings (SSSR count). The second-order valence-electron chi connectivity index (χ2n) is 6.16. The molecule has 1 saturated carbocycles. The van der Waals surface area contributed by atoms with Crippen LogP contribution in [0.25, 0.3) is 0 Å². The first-order valence-electron chi connectivity index (χ1n) is 7.46. The Bertz CT molecular complexity index is 554. The van der Waals surface area contributed by atoms with E-state index in [1.54, 1.807) is 0 Å². The molecule has 1 aliphatic heterocycles. The molecule has 0 aromatic rings. The van der Waals surface area contributed by atoms with Crippen LogP contribution < -0.4 is 5.32 Å². The number of carbonyl (C=O) groups excluding carboxylic acids is 3. The molecule has 2 fully saturated rings. The Morgan fingerprint density at radius 3 is 2.32 bits per heavy atom. The van der Waals surface area contributed by atoms with Gasteiger partial charge >= 0.3 is 5.97 Å². The Kier molecular flexibility index (Phi) is 3.50. The zero-order chi connectivity index (χ0) is 16.0. The van der Waals surface area contributed by atoms with Crippen LogP contribution >= 0.6 is 0 Å². The molecule has 0 radical (unpaired) electrons. The summed E-state index contributed by atoms with van der Waals surface area (Å²) in [4.78, 5) is 48.6. The van der Waals surface area contributed by atoms with Crippen molar-refractivity contribution in [3.63, 3.8) is 0 Å². The minimum atomic E-state index is -1.02. The first kappa shape index (κ1) is 14.7. The summed E-state index contributed by atoms with van der Waals surface area (Å²) in [6.45, 7) is 1.48. The van der Waals surface area contributed by atoms with Crippen molar-refractivity contribution in [2.45, 2.75) is 25.8 Å². The van der Waals surface area contributed by atoms with Crippen LogP contribution in [0.3, 0.4) is 0 Å². The maximum Gasteiger partial charge on any atom is 0.305 e. The van der Waals surface area contributed by atoms with E-state index >= 15 is 0 Å². The molecule has 0 spiro atoms. The number of hydrogen-bond acceptors (Lipinski definition) is 4. The molecule has 3 amide bonds. The molecule has 22 heavy (non-hydrogen) atoms. The van der Waals surface area contributed by atoms with E-state index in [9.17, 15) is 19.2 Å². The van der Waals surface area contributed by atoms with E-state index < -0.39 is 17.9 Å². The van der Waals surface area contributed by atoms with Gasteiger partial charge in [-0.05, 0) is 25.2 Å². The minimum absolute atomic E-state index is 0.0195. The van der Waals surface area contributed by atoms with E-state index in [0.29, 0.717) is 0 Å². The summed E-state index contributed by atoms with van der Waals surface area (Å²) in [7, 11) is 0. The van der Waals surface area contributed by atoms with Gasteiger partial charge in [0.1, 0.15) is 6.04 Å². The van der Waals surface area contributed by atoms with Crippen LogP contribution in [0.1, 0.15) is 19.8 Å². The number of rotatable bonds is 5. The van der Waals surface area contributed by atoms with Gasteiger partial charge in [-0.1, -0.05) is 12.2 Å². The van der Waals surface area contributed by atoms with E-state index in [1.807, 2.05) is 12.2 Å². The Morgan fingerprint density at radius 1 is 1.27 bits per heavy atom. The SMILES string of the molecule is CC(C(=O)NCCC(=O)O)N1C(=O)C2C3C=CC(C3)C2C1=O.